The lowest BCUT2D eigenvalue weighted by Crippen LogP contribution is -2.43. The van der Waals surface area contributed by atoms with Gasteiger partial charge in [-0.05, 0) is 30.3 Å². The van der Waals surface area contributed by atoms with Crippen molar-refractivity contribution in [2.45, 2.75) is 12.6 Å². The molecule has 4 aromatic rings. The first-order chi connectivity index (χ1) is 13.8. The van der Waals surface area contributed by atoms with Gasteiger partial charge in [0.25, 0.3) is 5.91 Å². The van der Waals surface area contributed by atoms with Crippen LogP contribution in [0.15, 0.2) is 67.1 Å². The van der Waals surface area contributed by atoms with E-state index in [-0.39, 0.29) is 11.9 Å². The highest BCUT2D eigenvalue weighted by Crippen LogP contribution is 2.24. The van der Waals surface area contributed by atoms with Crippen LogP contribution in [0.5, 0.6) is 5.75 Å². The first-order valence-electron chi connectivity index (χ1n) is 9.20. The van der Waals surface area contributed by atoms with E-state index >= 15 is 0 Å². The number of carbonyl (C=O) groups is 1. The van der Waals surface area contributed by atoms with E-state index in [0.717, 1.165) is 16.6 Å². The van der Waals surface area contributed by atoms with Crippen LogP contribution in [-0.2, 0) is 6.54 Å². The second-order valence-corrected chi connectivity index (χ2v) is 6.88. The highest BCUT2D eigenvalue weighted by atomic mass is 16.5. The summed E-state index contributed by atoms with van der Waals surface area (Å²) in [4.78, 5) is 22.3. The van der Waals surface area contributed by atoms with Gasteiger partial charge < -0.3 is 14.6 Å². The Morgan fingerprint density at radius 3 is 2.96 bits per heavy atom. The Labute approximate surface area is 161 Å². The number of aromatic amines is 1. The van der Waals surface area contributed by atoms with E-state index in [9.17, 15) is 4.79 Å². The van der Waals surface area contributed by atoms with Gasteiger partial charge in [0.15, 0.2) is 0 Å². The molecule has 4 heterocycles. The van der Waals surface area contributed by atoms with Crippen molar-refractivity contribution in [1.29, 1.82) is 0 Å². The summed E-state index contributed by atoms with van der Waals surface area (Å²) in [6.07, 6.45) is 5.16. The number of aromatic nitrogens is 4. The smallest absolute Gasteiger partial charge is 0.270 e. The maximum atomic E-state index is 13.1. The molecule has 1 aromatic carbocycles. The highest BCUT2D eigenvalue weighted by Gasteiger charge is 2.30. The minimum Gasteiger partial charge on any atom is -0.490 e. The van der Waals surface area contributed by atoms with Gasteiger partial charge in [-0.15, -0.1) is 0 Å². The van der Waals surface area contributed by atoms with Crippen molar-refractivity contribution >= 4 is 16.8 Å². The summed E-state index contributed by atoms with van der Waals surface area (Å²) in [7, 11) is 0. The Hall–Kier alpha value is -3.61. The Bertz CT molecular complexity index is 1090. The lowest BCUT2D eigenvalue weighted by atomic mass is 10.2. The molecule has 0 bridgehead atoms. The zero-order valence-corrected chi connectivity index (χ0v) is 15.2. The number of pyridine rings is 1. The molecule has 1 amide bonds. The summed E-state index contributed by atoms with van der Waals surface area (Å²) in [5.74, 6) is 0.685. The average Bonchev–Trinajstić information content (AvgIpc) is 3.39. The molecule has 28 heavy (non-hydrogen) atoms. The van der Waals surface area contributed by atoms with Gasteiger partial charge in [-0.3, -0.25) is 14.5 Å². The predicted octanol–water partition coefficient (Wildman–Crippen LogP) is 3.04. The third kappa shape index (κ3) is 3.00. The molecule has 1 atom stereocenters. The fourth-order valence-electron chi connectivity index (χ4n) is 3.65. The molecular weight excluding hydrogens is 354 g/mol. The van der Waals surface area contributed by atoms with E-state index in [2.05, 4.69) is 15.1 Å². The summed E-state index contributed by atoms with van der Waals surface area (Å²) < 4.78 is 7.83. The molecule has 140 valence electrons. The number of benzene rings is 1. The second-order valence-electron chi connectivity index (χ2n) is 6.88. The van der Waals surface area contributed by atoms with Crippen LogP contribution in [0.3, 0.4) is 0 Å². The van der Waals surface area contributed by atoms with Gasteiger partial charge in [-0.1, -0.05) is 18.2 Å². The number of hydrogen-bond donors (Lipinski definition) is 1. The molecule has 3 aromatic heterocycles. The van der Waals surface area contributed by atoms with Crippen LogP contribution < -0.4 is 4.74 Å². The van der Waals surface area contributed by atoms with E-state index < -0.39 is 0 Å². The second kappa shape index (κ2) is 6.84. The van der Waals surface area contributed by atoms with Crippen molar-refractivity contribution in [3.63, 3.8) is 0 Å². The number of carbonyl (C=O) groups excluding carboxylic acids is 1. The van der Waals surface area contributed by atoms with E-state index in [4.69, 9.17) is 4.74 Å². The normalized spacial score (nSPS) is 16.1. The summed E-state index contributed by atoms with van der Waals surface area (Å²) in [6.45, 7) is 1.47. The van der Waals surface area contributed by atoms with Crippen LogP contribution in [0.25, 0.3) is 10.9 Å². The lowest BCUT2D eigenvalue weighted by molar-refractivity contribution is 0.0628. The van der Waals surface area contributed by atoms with Crippen LogP contribution in [0.4, 0.5) is 0 Å². The predicted molar refractivity (Wildman–Crippen MR) is 104 cm³/mol. The third-order valence-electron chi connectivity index (χ3n) is 5.01. The van der Waals surface area contributed by atoms with Crippen LogP contribution in [0.1, 0.15) is 22.2 Å². The van der Waals surface area contributed by atoms with Gasteiger partial charge in [0.1, 0.15) is 24.1 Å². The minimum absolute atomic E-state index is 0.0185. The van der Waals surface area contributed by atoms with Gasteiger partial charge in [0, 0.05) is 29.8 Å². The number of nitrogens with one attached hydrogen (secondary N) is 1. The minimum atomic E-state index is -0.0627. The number of H-pyrrole nitrogens is 1. The summed E-state index contributed by atoms with van der Waals surface area (Å²) in [5, 5.41) is 5.46. The SMILES string of the molecule is O=C(c1cc2ccccc2[nH]1)N1Cc2ccnn2[C@H](COc2cccnc2)C1. The molecular formula is C21H19N5O2. The van der Waals surface area contributed by atoms with Gasteiger partial charge in [-0.25, -0.2) is 0 Å². The molecule has 0 saturated carbocycles. The molecule has 5 rings (SSSR count). The quantitative estimate of drug-likeness (QED) is 0.597. The van der Waals surface area contributed by atoms with Crippen LogP contribution in [-0.4, -0.2) is 43.7 Å². The number of para-hydroxylation sites is 1. The van der Waals surface area contributed by atoms with Crippen LogP contribution in [0, 0.1) is 0 Å². The summed E-state index contributed by atoms with van der Waals surface area (Å²) in [6, 6.07) is 15.4. The van der Waals surface area contributed by atoms with Gasteiger partial charge in [-0.2, -0.15) is 5.10 Å². The Kier molecular flexibility index (Phi) is 4.05. The van der Waals surface area contributed by atoms with E-state index in [0.29, 0.717) is 31.1 Å². The third-order valence-corrected chi connectivity index (χ3v) is 5.01. The van der Waals surface area contributed by atoms with E-state index in [1.165, 1.54) is 0 Å². The maximum Gasteiger partial charge on any atom is 0.270 e. The number of rotatable bonds is 4. The van der Waals surface area contributed by atoms with Gasteiger partial charge in [0.2, 0.25) is 0 Å². The molecule has 1 aliphatic heterocycles. The first-order valence-corrected chi connectivity index (χ1v) is 9.20. The number of fused-ring (bicyclic) bond motifs is 2. The van der Waals surface area contributed by atoms with Crippen LogP contribution in [0.2, 0.25) is 0 Å². The molecule has 0 radical (unpaired) electrons. The zero-order valence-electron chi connectivity index (χ0n) is 15.2. The van der Waals surface area contributed by atoms with Crippen LogP contribution >= 0.6 is 0 Å². The average molecular weight is 373 g/mol. The molecule has 0 aliphatic carbocycles. The number of amides is 1. The van der Waals surface area contributed by atoms with Crippen molar-refractivity contribution in [2.24, 2.45) is 0 Å². The number of nitrogens with zero attached hydrogens (tertiary/aromatic N) is 4. The molecule has 0 fully saturated rings. The molecule has 0 saturated heterocycles. The highest BCUT2D eigenvalue weighted by molar-refractivity contribution is 5.98. The molecule has 0 unspecified atom stereocenters. The van der Waals surface area contributed by atoms with Crippen molar-refractivity contribution in [3.05, 3.63) is 78.5 Å². The van der Waals surface area contributed by atoms with Crippen molar-refractivity contribution in [2.75, 3.05) is 13.2 Å². The standard InChI is InChI=1S/C21H19N5O2/c27-21(20-10-15-4-1-2-6-19(15)24-20)25-12-16-7-9-23-26(16)17(13-25)14-28-18-5-3-8-22-11-18/h1-11,17,24H,12-14H2/t17-/m0/s1. The van der Waals surface area contributed by atoms with E-state index in [1.54, 1.807) is 18.6 Å². The molecule has 7 nitrogen and oxygen atoms in total. The largest absolute Gasteiger partial charge is 0.490 e. The lowest BCUT2D eigenvalue weighted by Gasteiger charge is -2.33. The molecule has 1 N–H and O–H groups in total. The maximum absolute atomic E-state index is 13.1. The number of ether oxygens (including phenoxy) is 1. The summed E-state index contributed by atoms with van der Waals surface area (Å²) >= 11 is 0. The number of hydrogen-bond acceptors (Lipinski definition) is 4. The Balaban J connectivity index is 1.38. The van der Waals surface area contributed by atoms with Crippen molar-refractivity contribution in [3.8, 4) is 5.75 Å². The zero-order chi connectivity index (χ0) is 18.9. The first kappa shape index (κ1) is 16.6. The monoisotopic (exact) mass is 373 g/mol. The van der Waals surface area contributed by atoms with E-state index in [1.807, 2.05) is 58.1 Å². The fourth-order valence-corrected chi connectivity index (χ4v) is 3.65. The Morgan fingerprint density at radius 2 is 2.11 bits per heavy atom. The Morgan fingerprint density at radius 1 is 1.18 bits per heavy atom. The van der Waals surface area contributed by atoms with Crippen molar-refractivity contribution in [1.82, 2.24) is 24.6 Å². The topological polar surface area (TPSA) is 76.0 Å². The molecule has 0 spiro atoms. The van der Waals surface area contributed by atoms with Gasteiger partial charge >= 0.3 is 0 Å². The fraction of sp³-hybridized carbons (Fsp3) is 0.190. The van der Waals surface area contributed by atoms with Crippen molar-refractivity contribution < 1.29 is 9.53 Å². The molecule has 1 aliphatic rings. The molecule has 7 heteroatoms. The van der Waals surface area contributed by atoms with Gasteiger partial charge in [0.05, 0.1) is 18.4 Å². The summed E-state index contributed by atoms with van der Waals surface area (Å²) in [5.41, 5.74) is 2.56.